The molecule has 324 valence electrons. The van der Waals surface area contributed by atoms with Gasteiger partial charge >= 0.3 is 13.8 Å². The molecule has 8 nitrogen and oxygen atoms in total. The van der Waals surface area contributed by atoms with Crippen LogP contribution in [-0.4, -0.2) is 49.9 Å². The Hall–Kier alpha value is -0.500. The predicted octanol–water partition coefficient (Wildman–Crippen LogP) is 14.1. The third-order valence-corrected chi connectivity index (χ3v) is 11.5. The molecule has 0 aromatic heterocycles. The molecule has 54 heavy (non-hydrogen) atoms. The van der Waals surface area contributed by atoms with Crippen LogP contribution in [0.5, 0.6) is 0 Å². The molecule has 1 unspecified atom stereocenters. The first-order valence-corrected chi connectivity index (χ1v) is 25.0. The van der Waals surface area contributed by atoms with Crippen molar-refractivity contribution >= 4 is 13.8 Å². The third-order valence-electron chi connectivity index (χ3n) is 10.5. The minimum Gasteiger partial charge on any atom is -0.457 e. The Kier molecular flexibility index (Phi) is 43.2. The van der Waals surface area contributed by atoms with E-state index in [0.717, 1.165) is 32.1 Å². The van der Waals surface area contributed by atoms with Crippen molar-refractivity contribution in [1.29, 1.82) is 0 Å². The number of carbonyl (C=O) groups is 1. The van der Waals surface area contributed by atoms with Gasteiger partial charge in [0, 0.05) is 19.6 Å². The van der Waals surface area contributed by atoms with E-state index in [9.17, 15) is 14.3 Å². The maximum absolute atomic E-state index is 12.6. The second kappa shape index (κ2) is 43.6. The number of phosphoric acid groups is 1. The fourth-order valence-electron chi connectivity index (χ4n) is 7.06. The number of esters is 1. The number of ether oxygens (including phenoxy) is 2. The first-order chi connectivity index (χ1) is 26.4. The zero-order valence-electron chi connectivity index (χ0n) is 36.0. The molecule has 0 saturated heterocycles. The molecule has 0 rings (SSSR count). The number of unbranched alkanes of at least 4 members (excludes halogenated alkanes) is 33. The van der Waals surface area contributed by atoms with Crippen LogP contribution in [0.4, 0.5) is 0 Å². The van der Waals surface area contributed by atoms with Crippen LogP contribution in [0.3, 0.4) is 0 Å². The monoisotopic (exact) mass is 790 g/mol. The maximum Gasteiger partial charge on any atom is 0.472 e. The number of rotatable bonds is 46. The van der Waals surface area contributed by atoms with Crippen molar-refractivity contribution in [3.8, 4) is 0 Å². The highest BCUT2D eigenvalue weighted by Gasteiger charge is 2.25. The minimum atomic E-state index is -4.27. The van der Waals surface area contributed by atoms with E-state index >= 15 is 0 Å². The van der Waals surface area contributed by atoms with Gasteiger partial charge in [0.1, 0.15) is 6.10 Å². The largest absolute Gasteiger partial charge is 0.472 e. The number of phosphoric ester groups is 1. The van der Waals surface area contributed by atoms with E-state index in [1.54, 1.807) is 0 Å². The van der Waals surface area contributed by atoms with Gasteiger partial charge in [-0.3, -0.25) is 13.8 Å². The quantitative estimate of drug-likeness (QED) is 0.0356. The summed E-state index contributed by atoms with van der Waals surface area (Å²) in [7, 11) is -4.27. The van der Waals surface area contributed by atoms with Crippen LogP contribution in [0, 0.1) is 0 Å². The van der Waals surface area contributed by atoms with Gasteiger partial charge in [-0.25, -0.2) is 4.57 Å². The summed E-state index contributed by atoms with van der Waals surface area (Å²) in [5.74, 6) is -0.323. The van der Waals surface area contributed by atoms with Crippen molar-refractivity contribution < 1.29 is 32.8 Å². The van der Waals surface area contributed by atoms with Gasteiger partial charge in [-0.2, -0.15) is 0 Å². The zero-order valence-corrected chi connectivity index (χ0v) is 36.9. The molecule has 0 heterocycles. The summed E-state index contributed by atoms with van der Waals surface area (Å²) in [6.45, 7) is 4.99. The molecule has 0 aliphatic carbocycles. The summed E-state index contributed by atoms with van der Waals surface area (Å²) in [6, 6.07) is 0. The van der Waals surface area contributed by atoms with Crippen LogP contribution in [0.25, 0.3) is 0 Å². The second-order valence-electron chi connectivity index (χ2n) is 16.0. The van der Waals surface area contributed by atoms with Crippen LogP contribution >= 0.6 is 7.82 Å². The molecule has 0 saturated carbocycles. The molecular weight excluding hydrogens is 697 g/mol. The first-order valence-electron chi connectivity index (χ1n) is 23.5. The normalized spacial score (nSPS) is 13.3. The number of carbonyl (C=O) groups excluding carboxylic acids is 1. The Bertz CT molecular complexity index is 802. The maximum atomic E-state index is 12.6. The van der Waals surface area contributed by atoms with Crippen LogP contribution in [-0.2, 0) is 27.9 Å². The summed E-state index contributed by atoms with van der Waals surface area (Å²) >= 11 is 0. The Morgan fingerprint density at radius 3 is 1.17 bits per heavy atom. The van der Waals surface area contributed by atoms with Crippen molar-refractivity contribution in [1.82, 2.24) is 0 Å². The number of hydrogen-bond donors (Lipinski definition) is 2. The van der Waals surface area contributed by atoms with Crippen molar-refractivity contribution in [2.24, 2.45) is 5.73 Å². The predicted molar refractivity (Wildman–Crippen MR) is 229 cm³/mol. The molecule has 0 aliphatic rings. The SMILES string of the molecule is CCCCCCCCCCCCCCCCCCCCCCOC[C@H](COP(=O)(O)OCCN)OC(=O)CCCCCCCCCCCCCCCCC. The molecule has 0 aromatic carbocycles. The molecule has 0 aromatic rings. The Balaban J connectivity index is 3.91. The van der Waals surface area contributed by atoms with Gasteiger partial charge in [-0.15, -0.1) is 0 Å². The molecule has 0 fully saturated rings. The van der Waals surface area contributed by atoms with Gasteiger partial charge in [0.15, 0.2) is 0 Å². The molecular formula is C45H92NO7P. The summed E-state index contributed by atoms with van der Waals surface area (Å²) < 4.78 is 33.5. The average Bonchev–Trinajstić information content (AvgIpc) is 3.16. The summed E-state index contributed by atoms with van der Waals surface area (Å²) in [5, 5.41) is 0. The zero-order chi connectivity index (χ0) is 39.5. The second-order valence-corrected chi connectivity index (χ2v) is 17.4. The van der Waals surface area contributed by atoms with Gasteiger partial charge in [0.25, 0.3) is 0 Å². The lowest BCUT2D eigenvalue weighted by atomic mass is 10.0. The topological polar surface area (TPSA) is 117 Å². The summed E-state index contributed by atoms with van der Waals surface area (Å²) in [6.07, 6.45) is 45.5. The van der Waals surface area contributed by atoms with Crippen molar-refractivity contribution in [2.75, 3.05) is 33.0 Å². The van der Waals surface area contributed by atoms with E-state index < -0.39 is 13.9 Å². The van der Waals surface area contributed by atoms with E-state index in [1.807, 2.05) is 0 Å². The molecule has 0 spiro atoms. The highest BCUT2D eigenvalue weighted by atomic mass is 31.2. The molecule has 0 bridgehead atoms. The van der Waals surface area contributed by atoms with Gasteiger partial charge in [0.05, 0.1) is 19.8 Å². The van der Waals surface area contributed by atoms with E-state index in [4.69, 9.17) is 24.3 Å². The Morgan fingerprint density at radius 1 is 0.481 bits per heavy atom. The first kappa shape index (κ1) is 53.5. The lowest BCUT2D eigenvalue weighted by Gasteiger charge is -2.20. The highest BCUT2D eigenvalue weighted by molar-refractivity contribution is 7.47. The Morgan fingerprint density at radius 2 is 0.815 bits per heavy atom. The van der Waals surface area contributed by atoms with Gasteiger partial charge < -0.3 is 20.1 Å². The van der Waals surface area contributed by atoms with Crippen molar-refractivity contribution in [2.45, 2.75) is 251 Å². The minimum absolute atomic E-state index is 0.0899. The standard InChI is InChI=1S/C45H92NO7P/c1-3-5-7-9-11-13-15-17-19-20-21-22-23-25-27-29-31-33-35-37-40-50-42-44(43-52-54(48,49)51-41-39-46)53-45(47)38-36-34-32-30-28-26-24-18-16-14-12-10-8-6-4-2/h44H,3-43,46H2,1-2H3,(H,48,49)/t44-/m1/s1. The van der Waals surface area contributed by atoms with Crippen LogP contribution in [0.2, 0.25) is 0 Å². The van der Waals surface area contributed by atoms with E-state index in [1.165, 1.54) is 193 Å². The summed E-state index contributed by atoms with van der Waals surface area (Å²) in [4.78, 5) is 22.5. The summed E-state index contributed by atoms with van der Waals surface area (Å²) in [5.41, 5.74) is 5.38. The third kappa shape index (κ3) is 42.6. The molecule has 0 amide bonds. The van der Waals surface area contributed by atoms with Crippen LogP contribution < -0.4 is 5.73 Å². The van der Waals surface area contributed by atoms with E-state index in [2.05, 4.69) is 13.8 Å². The van der Waals surface area contributed by atoms with Crippen LogP contribution in [0.15, 0.2) is 0 Å². The molecule has 3 N–H and O–H groups in total. The van der Waals surface area contributed by atoms with Crippen molar-refractivity contribution in [3.63, 3.8) is 0 Å². The number of nitrogens with two attached hydrogens (primary N) is 1. The fraction of sp³-hybridized carbons (Fsp3) is 0.978. The lowest BCUT2D eigenvalue weighted by Crippen LogP contribution is -2.28. The highest BCUT2D eigenvalue weighted by Crippen LogP contribution is 2.43. The Labute approximate surface area is 335 Å². The lowest BCUT2D eigenvalue weighted by molar-refractivity contribution is -0.154. The molecule has 0 radical (unpaired) electrons. The van der Waals surface area contributed by atoms with Crippen molar-refractivity contribution in [3.05, 3.63) is 0 Å². The molecule has 0 aliphatic heterocycles. The average molecular weight is 790 g/mol. The van der Waals surface area contributed by atoms with Gasteiger partial charge in [0.2, 0.25) is 0 Å². The van der Waals surface area contributed by atoms with Gasteiger partial charge in [-0.05, 0) is 12.8 Å². The van der Waals surface area contributed by atoms with Crippen LogP contribution in [0.1, 0.15) is 245 Å². The van der Waals surface area contributed by atoms with E-state index in [-0.39, 0.29) is 32.3 Å². The smallest absolute Gasteiger partial charge is 0.457 e. The van der Waals surface area contributed by atoms with Gasteiger partial charge in [-0.1, -0.05) is 226 Å². The molecule has 2 atom stereocenters. The molecule has 9 heteroatoms. The van der Waals surface area contributed by atoms with E-state index in [0.29, 0.717) is 13.0 Å². The number of hydrogen-bond acceptors (Lipinski definition) is 7. The fourth-order valence-corrected chi connectivity index (χ4v) is 7.82.